The predicted molar refractivity (Wildman–Crippen MR) is 74.0 cm³/mol. The van der Waals surface area contributed by atoms with Crippen molar-refractivity contribution in [3.8, 4) is 0 Å². The quantitative estimate of drug-likeness (QED) is 0.823. The smallest absolute Gasteiger partial charge is 0.165 e. The van der Waals surface area contributed by atoms with Crippen molar-refractivity contribution in [2.24, 2.45) is 5.92 Å². The van der Waals surface area contributed by atoms with E-state index in [1.807, 2.05) is 30.3 Å². The number of fused-ring (bicyclic) bond motifs is 2. The number of hydrogen-bond donors (Lipinski definition) is 2. The molecule has 6 nitrogen and oxygen atoms in total. The van der Waals surface area contributed by atoms with E-state index >= 15 is 0 Å². The standard InChI is InChI=1S/C15H21NO5/c1-19-15-11-9-20-16(7-10-5-3-2-4-6-10)13(14(11)18)12(8-17)21-15/h2-6,11-15,17-18H,7-9H2,1H3/t11-,12+,13-,14+,15-/m0/s1. The molecule has 5 atom stereocenters. The summed E-state index contributed by atoms with van der Waals surface area (Å²) in [5.74, 6) is -0.241. The Kier molecular flexibility index (Phi) is 4.54. The van der Waals surface area contributed by atoms with Crippen molar-refractivity contribution in [2.45, 2.75) is 31.1 Å². The van der Waals surface area contributed by atoms with Gasteiger partial charge in [0.15, 0.2) is 6.29 Å². The van der Waals surface area contributed by atoms with Gasteiger partial charge in [0, 0.05) is 13.7 Å². The Morgan fingerprint density at radius 1 is 1.33 bits per heavy atom. The van der Waals surface area contributed by atoms with E-state index in [0.717, 1.165) is 5.56 Å². The van der Waals surface area contributed by atoms with E-state index in [2.05, 4.69) is 0 Å². The van der Waals surface area contributed by atoms with E-state index in [-0.39, 0.29) is 12.5 Å². The third-order valence-corrected chi connectivity index (χ3v) is 4.19. The van der Waals surface area contributed by atoms with Crippen LogP contribution >= 0.6 is 0 Å². The molecule has 0 radical (unpaired) electrons. The van der Waals surface area contributed by atoms with Crippen molar-refractivity contribution in [3.63, 3.8) is 0 Å². The van der Waals surface area contributed by atoms with Crippen molar-refractivity contribution in [1.82, 2.24) is 5.06 Å². The van der Waals surface area contributed by atoms with Gasteiger partial charge in [-0.15, -0.1) is 0 Å². The molecule has 1 aromatic carbocycles. The third kappa shape index (κ3) is 2.83. The Morgan fingerprint density at radius 2 is 2.10 bits per heavy atom. The van der Waals surface area contributed by atoms with E-state index in [4.69, 9.17) is 14.3 Å². The molecule has 0 aromatic heterocycles. The fourth-order valence-corrected chi connectivity index (χ4v) is 3.08. The van der Waals surface area contributed by atoms with Crippen LogP contribution in [0.2, 0.25) is 0 Å². The largest absolute Gasteiger partial charge is 0.394 e. The van der Waals surface area contributed by atoms with Gasteiger partial charge in [0.1, 0.15) is 6.10 Å². The molecule has 2 bridgehead atoms. The lowest BCUT2D eigenvalue weighted by atomic mass is 9.88. The molecule has 0 saturated carbocycles. The second-order valence-corrected chi connectivity index (χ2v) is 5.46. The number of benzene rings is 1. The van der Waals surface area contributed by atoms with Crippen molar-refractivity contribution < 1.29 is 24.5 Å². The first-order valence-electron chi connectivity index (χ1n) is 7.15. The van der Waals surface area contributed by atoms with Crippen LogP contribution in [0.25, 0.3) is 0 Å². The maximum Gasteiger partial charge on any atom is 0.165 e. The molecule has 1 aromatic rings. The third-order valence-electron chi connectivity index (χ3n) is 4.19. The van der Waals surface area contributed by atoms with Gasteiger partial charge < -0.3 is 19.7 Å². The molecular weight excluding hydrogens is 274 g/mol. The molecular formula is C15H21NO5. The fraction of sp³-hybridized carbons (Fsp3) is 0.600. The Bertz CT molecular complexity index is 455. The van der Waals surface area contributed by atoms with Gasteiger partial charge in [0.2, 0.25) is 0 Å². The number of rotatable bonds is 4. The molecule has 0 amide bonds. The molecule has 2 aliphatic heterocycles. The molecule has 2 N–H and O–H groups in total. The molecule has 3 rings (SSSR count). The lowest BCUT2D eigenvalue weighted by Crippen LogP contribution is -2.66. The van der Waals surface area contributed by atoms with E-state index in [1.165, 1.54) is 7.11 Å². The van der Waals surface area contributed by atoms with Crippen LogP contribution < -0.4 is 0 Å². The highest BCUT2D eigenvalue weighted by Crippen LogP contribution is 2.35. The van der Waals surface area contributed by atoms with Crippen molar-refractivity contribution >= 4 is 0 Å². The first kappa shape index (κ1) is 14.9. The van der Waals surface area contributed by atoms with E-state index in [9.17, 15) is 10.2 Å². The number of hydrogen-bond acceptors (Lipinski definition) is 6. The van der Waals surface area contributed by atoms with Gasteiger partial charge in [-0.05, 0) is 5.56 Å². The van der Waals surface area contributed by atoms with Gasteiger partial charge in [-0.1, -0.05) is 30.3 Å². The predicted octanol–water partition coefficient (Wildman–Crippen LogP) is 0.143. The fourth-order valence-electron chi connectivity index (χ4n) is 3.08. The summed E-state index contributed by atoms with van der Waals surface area (Å²) in [5.41, 5.74) is 1.08. The second-order valence-electron chi connectivity index (χ2n) is 5.46. The molecule has 116 valence electrons. The zero-order valence-electron chi connectivity index (χ0n) is 12.0. The molecule has 2 aliphatic rings. The van der Waals surface area contributed by atoms with Gasteiger partial charge in [-0.3, -0.25) is 4.84 Å². The molecule has 0 unspecified atom stereocenters. The van der Waals surface area contributed by atoms with Crippen LogP contribution in [-0.4, -0.2) is 60.1 Å². The summed E-state index contributed by atoms with van der Waals surface area (Å²) >= 11 is 0. The number of hydroxylamine groups is 2. The summed E-state index contributed by atoms with van der Waals surface area (Å²) in [7, 11) is 1.53. The molecule has 2 heterocycles. The molecule has 6 heteroatoms. The Hall–Kier alpha value is -1.02. The molecule has 21 heavy (non-hydrogen) atoms. The average Bonchev–Trinajstić information content (AvgIpc) is 2.51. The second kappa shape index (κ2) is 6.39. The van der Waals surface area contributed by atoms with Gasteiger partial charge in [-0.25, -0.2) is 0 Å². The highest BCUT2D eigenvalue weighted by Gasteiger charge is 2.51. The molecule has 2 saturated heterocycles. The van der Waals surface area contributed by atoms with Crippen LogP contribution in [0.4, 0.5) is 0 Å². The van der Waals surface area contributed by atoms with Crippen molar-refractivity contribution in [1.29, 1.82) is 0 Å². The van der Waals surface area contributed by atoms with Crippen LogP contribution in [0.1, 0.15) is 5.56 Å². The number of aliphatic hydroxyl groups is 2. The summed E-state index contributed by atoms with van der Waals surface area (Å²) in [6, 6.07) is 9.46. The number of ether oxygens (including phenoxy) is 2. The first-order chi connectivity index (χ1) is 10.2. The van der Waals surface area contributed by atoms with E-state index in [0.29, 0.717) is 13.2 Å². The van der Waals surface area contributed by atoms with Crippen LogP contribution in [-0.2, 0) is 20.9 Å². The Balaban J connectivity index is 1.78. The molecule has 0 spiro atoms. The van der Waals surface area contributed by atoms with Gasteiger partial charge in [0.25, 0.3) is 0 Å². The van der Waals surface area contributed by atoms with E-state index in [1.54, 1.807) is 5.06 Å². The highest BCUT2D eigenvalue weighted by molar-refractivity contribution is 5.14. The maximum atomic E-state index is 10.5. The van der Waals surface area contributed by atoms with Crippen LogP contribution in [0.5, 0.6) is 0 Å². The van der Waals surface area contributed by atoms with Crippen molar-refractivity contribution in [2.75, 3.05) is 20.3 Å². The van der Waals surface area contributed by atoms with Crippen LogP contribution in [0.15, 0.2) is 30.3 Å². The van der Waals surface area contributed by atoms with Crippen molar-refractivity contribution in [3.05, 3.63) is 35.9 Å². The minimum Gasteiger partial charge on any atom is -0.394 e. The zero-order valence-corrected chi connectivity index (χ0v) is 12.0. The first-order valence-corrected chi connectivity index (χ1v) is 7.15. The SMILES string of the molecule is CO[C@H]1O[C@H](CO)[C@H]2[C@H](O)[C@@H]1CON2Cc1ccccc1. The Morgan fingerprint density at radius 3 is 2.76 bits per heavy atom. The monoisotopic (exact) mass is 295 g/mol. The normalized spacial score (nSPS) is 36.6. The maximum absolute atomic E-state index is 10.5. The summed E-state index contributed by atoms with van der Waals surface area (Å²) < 4.78 is 11.0. The number of methoxy groups -OCH3 is 1. The van der Waals surface area contributed by atoms with Crippen LogP contribution in [0, 0.1) is 5.92 Å². The summed E-state index contributed by atoms with van der Waals surface area (Å²) in [6.45, 7) is 0.677. The van der Waals surface area contributed by atoms with Crippen LogP contribution in [0.3, 0.4) is 0 Å². The molecule has 0 aliphatic carbocycles. The van der Waals surface area contributed by atoms with Gasteiger partial charge in [0.05, 0.1) is 31.3 Å². The summed E-state index contributed by atoms with van der Waals surface area (Å²) in [5, 5.41) is 21.8. The molecule has 2 fully saturated rings. The van der Waals surface area contributed by atoms with Gasteiger partial charge >= 0.3 is 0 Å². The zero-order chi connectivity index (χ0) is 14.8. The number of aliphatic hydroxyl groups excluding tert-OH is 2. The lowest BCUT2D eigenvalue weighted by molar-refractivity contribution is -0.364. The summed E-state index contributed by atoms with van der Waals surface area (Å²) in [6.07, 6.45) is -1.74. The Labute approximate surface area is 123 Å². The minimum absolute atomic E-state index is 0.192. The lowest BCUT2D eigenvalue weighted by Gasteiger charge is -2.51. The minimum atomic E-state index is -0.654. The van der Waals surface area contributed by atoms with Gasteiger partial charge in [-0.2, -0.15) is 5.06 Å². The topological polar surface area (TPSA) is 71.4 Å². The van der Waals surface area contributed by atoms with E-state index < -0.39 is 24.5 Å². The highest BCUT2D eigenvalue weighted by atomic mass is 16.7. The number of nitrogens with zero attached hydrogens (tertiary/aromatic N) is 1. The summed E-state index contributed by atoms with van der Waals surface area (Å²) in [4.78, 5) is 5.79. The average molecular weight is 295 g/mol.